The van der Waals surface area contributed by atoms with Gasteiger partial charge in [-0.1, -0.05) is 182 Å². The van der Waals surface area contributed by atoms with Gasteiger partial charge in [-0.15, -0.1) is 0 Å². The number of hydrogen-bond acceptors (Lipinski definition) is 11. The highest BCUT2D eigenvalue weighted by molar-refractivity contribution is 5.18. The second-order valence-electron chi connectivity index (χ2n) is 16.2. The summed E-state index contributed by atoms with van der Waals surface area (Å²) in [6, 6.07) is 59.0. The van der Waals surface area contributed by atoms with Crippen LogP contribution in [0.3, 0.4) is 0 Å². The van der Waals surface area contributed by atoms with Crippen LogP contribution in [-0.4, -0.2) is 84.8 Å². The molecule has 65 heavy (non-hydrogen) atoms. The highest BCUT2D eigenvalue weighted by Crippen LogP contribution is 2.36. The first-order chi connectivity index (χ1) is 32.1. The quantitative estimate of drug-likeness (QED) is 0.0691. The SMILES string of the molecule is OCC1OC(O)C(OCc2ccccc2)C(OCc2ccccc2)C1OC1OC(COCc2ccccc2)C(OCc2ccccc2)C(OCc2ccccc2)C1OCc1ccccc1. The van der Waals surface area contributed by atoms with E-state index in [0.717, 1.165) is 33.4 Å². The average molecular weight is 883 g/mol. The van der Waals surface area contributed by atoms with E-state index in [4.69, 9.17) is 42.6 Å². The lowest BCUT2D eigenvalue weighted by atomic mass is 9.95. The molecule has 2 fully saturated rings. The van der Waals surface area contributed by atoms with Gasteiger partial charge in [-0.25, -0.2) is 0 Å². The van der Waals surface area contributed by atoms with Crippen molar-refractivity contribution in [2.45, 2.75) is 101 Å². The minimum absolute atomic E-state index is 0.116. The fourth-order valence-corrected chi connectivity index (χ4v) is 8.12. The summed E-state index contributed by atoms with van der Waals surface area (Å²) >= 11 is 0. The van der Waals surface area contributed by atoms with Crippen molar-refractivity contribution in [3.63, 3.8) is 0 Å². The molecule has 8 rings (SSSR count). The van der Waals surface area contributed by atoms with Gasteiger partial charge in [-0.05, 0) is 33.4 Å². The maximum atomic E-state index is 11.5. The second kappa shape index (κ2) is 24.4. The van der Waals surface area contributed by atoms with Gasteiger partial charge in [-0.3, -0.25) is 0 Å². The fraction of sp³-hybridized carbons (Fsp3) is 0.333. The number of benzene rings is 6. The molecule has 0 saturated carbocycles. The van der Waals surface area contributed by atoms with E-state index in [9.17, 15) is 10.2 Å². The number of aliphatic hydroxyl groups excluding tert-OH is 2. The molecule has 10 atom stereocenters. The van der Waals surface area contributed by atoms with Crippen LogP contribution in [-0.2, 0) is 82.3 Å². The van der Waals surface area contributed by atoms with Gasteiger partial charge in [0.2, 0.25) is 0 Å². The van der Waals surface area contributed by atoms with Gasteiger partial charge >= 0.3 is 0 Å². The summed E-state index contributed by atoms with van der Waals surface area (Å²) in [5.41, 5.74) is 5.66. The topological polar surface area (TPSA) is 124 Å². The third kappa shape index (κ3) is 13.3. The lowest BCUT2D eigenvalue weighted by Crippen LogP contribution is -2.66. The van der Waals surface area contributed by atoms with Crippen molar-refractivity contribution in [1.29, 1.82) is 0 Å². The van der Waals surface area contributed by atoms with Gasteiger partial charge in [-0.2, -0.15) is 0 Å². The summed E-state index contributed by atoms with van der Waals surface area (Å²) in [5, 5.41) is 22.5. The minimum Gasteiger partial charge on any atom is -0.394 e. The first-order valence-corrected chi connectivity index (χ1v) is 22.3. The van der Waals surface area contributed by atoms with Crippen LogP contribution in [0.2, 0.25) is 0 Å². The summed E-state index contributed by atoms with van der Waals surface area (Å²) in [6.45, 7) is 0.970. The van der Waals surface area contributed by atoms with Crippen LogP contribution in [0.25, 0.3) is 0 Å². The van der Waals surface area contributed by atoms with E-state index in [0.29, 0.717) is 6.61 Å². The third-order valence-corrected chi connectivity index (χ3v) is 11.5. The van der Waals surface area contributed by atoms with Gasteiger partial charge in [0.05, 0.1) is 52.9 Å². The van der Waals surface area contributed by atoms with Crippen LogP contribution in [0.5, 0.6) is 0 Å². The number of rotatable bonds is 22. The first-order valence-electron chi connectivity index (χ1n) is 22.3. The number of ether oxygens (including phenoxy) is 9. The molecule has 2 aliphatic heterocycles. The molecule has 0 amide bonds. The van der Waals surface area contributed by atoms with Crippen LogP contribution in [0.1, 0.15) is 33.4 Å². The van der Waals surface area contributed by atoms with Crippen LogP contribution in [0.4, 0.5) is 0 Å². The molecular formula is C54H58O11. The molecule has 0 spiro atoms. The largest absolute Gasteiger partial charge is 0.394 e. The van der Waals surface area contributed by atoms with Gasteiger partial charge in [0.1, 0.15) is 48.8 Å². The zero-order valence-corrected chi connectivity index (χ0v) is 36.3. The van der Waals surface area contributed by atoms with Crippen molar-refractivity contribution in [3.8, 4) is 0 Å². The van der Waals surface area contributed by atoms with E-state index >= 15 is 0 Å². The molecule has 2 N–H and O–H groups in total. The Labute approximate surface area is 381 Å². The van der Waals surface area contributed by atoms with Gasteiger partial charge < -0.3 is 52.8 Å². The van der Waals surface area contributed by atoms with E-state index in [1.807, 2.05) is 182 Å². The Bertz CT molecular complexity index is 2210. The van der Waals surface area contributed by atoms with E-state index < -0.39 is 68.0 Å². The fourth-order valence-electron chi connectivity index (χ4n) is 8.12. The van der Waals surface area contributed by atoms with E-state index in [2.05, 4.69) is 0 Å². The van der Waals surface area contributed by atoms with Crippen LogP contribution in [0.15, 0.2) is 182 Å². The summed E-state index contributed by atoms with van der Waals surface area (Å²) < 4.78 is 60.5. The highest BCUT2D eigenvalue weighted by Gasteiger charge is 2.54. The summed E-state index contributed by atoms with van der Waals surface area (Å²) in [5.74, 6) is 0. The maximum Gasteiger partial charge on any atom is 0.187 e. The van der Waals surface area contributed by atoms with Crippen molar-refractivity contribution in [3.05, 3.63) is 215 Å². The lowest BCUT2D eigenvalue weighted by molar-refractivity contribution is -0.373. The van der Waals surface area contributed by atoms with Crippen LogP contribution in [0, 0.1) is 0 Å². The van der Waals surface area contributed by atoms with Crippen molar-refractivity contribution >= 4 is 0 Å². The monoisotopic (exact) mass is 882 g/mol. The van der Waals surface area contributed by atoms with E-state index in [-0.39, 0.29) is 39.6 Å². The molecule has 2 saturated heterocycles. The average Bonchev–Trinajstić information content (AvgIpc) is 3.36. The molecule has 6 aromatic rings. The second-order valence-corrected chi connectivity index (χ2v) is 16.2. The molecule has 2 aliphatic rings. The van der Waals surface area contributed by atoms with Gasteiger partial charge in [0.25, 0.3) is 0 Å². The summed E-state index contributed by atoms with van der Waals surface area (Å²) in [7, 11) is 0. The van der Waals surface area contributed by atoms with E-state index in [1.165, 1.54) is 0 Å². The minimum atomic E-state index is -1.45. The standard InChI is InChI=1S/C54H58O11/c55-31-45-48(50(60-35-42-25-13-4-14-26-42)51(53(56)63-45)61-36-43-27-15-5-16-28-43)65-54-52(62-37-44-29-17-6-18-30-44)49(59-34-41-23-11-3-12-24-41)47(58-33-40-21-9-2-10-22-40)46(64-54)38-57-32-39-19-7-1-8-20-39/h1-30,45-56H,31-38H2. The van der Waals surface area contributed by atoms with E-state index in [1.54, 1.807) is 0 Å². The normalized spacial score (nSPS) is 25.6. The molecule has 0 aromatic heterocycles. The Kier molecular flexibility index (Phi) is 17.4. The molecule has 0 aliphatic carbocycles. The van der Waals surface area contributed by atoms with Crippen molar-refractivity contribution in [2.24, 2.45) is 0 Å². The third-order valence-electron chi connectivity index (χ3n) is 11.5. The smallest absolute Gasteiger partial charge is 0.187 e. The summed E-state index contributed by atoms with van der Waals surface area (Å²) in [4.78, 5) is 0. The zero-order valence-electron chi connectivity index (χ0n) is 36.3. The Morgan fingerprint density at radius 1 is 0.354 bits per heavy atom. The zero-order chi connectivity index (χ0) is 44.5. The molecule has 10 unspecified atom stereocenters. The van der Waals surface area contributed by atoms with Gasteiger partial charge in [0.15, 0.2) is 12.6 Å². The van der Waals surface area contributed by atoms with Crippen LogP contribution < -0.4 is 0 Å². The number of hydrogen-bond donors (Lipinski definition) is 2. The molecule has 11 nitrogen and oxygen atoms in total. The Morgan fingerprint density at radius 2 is 0.692 bits per heavy atom. The highest BCUT2D eigenvalue weighted by atomic mass is 16.7. The Balaban J connectivity index is 1.16. The van der Waals surface area contributed by atoms with Crippen molar-refractivity contribution < 1.29 is 52.8 Å². The van der Waals surface area contributed by atoms with Crippen molar-refractivity contribution in [1.82, 2.24) is 0 Å². The Hall–Kier alpha value is -5.12. The molecular weight excluding hydrogens is 825 g/mol. The first kappa shape index (κ1) is 46.4. The molecule has 0 radical (unpaired) electrons. The predicted molar refractivity (Wildman–Crippen MR) is 243 cm³/mol. The van der Waals surface area contributed by atoms with Crippen LogP contribution >= 0.6 is 0 Å². The maximum absolute atomic E-state index is 11.5. The summed E-state index contributed by atoms with van der Waals surface area (Å²) in [6.07, 6.45) is -9.81. The lowest BCUT2D eigenvalue weighted by Gasteiger charge is -2.49. The van der Waals surface area contributed by atoms with Gasteiger partial charge in [0, 0.05) is 0 Å². The molecule has 2 heterocycles. The number of aliphatic hydroxyl groups is 2. The van der Waals surface area contributed by atoms with Crippen molar-refractivity contribution in [2.75, 3.05) is 13.2 Å². The molecule has 340 valence electrons. The molecule has 0 bridgehead atoms. The molecule has 11 heteroatoms. The molecule has 6 aromatic carbocycles. The predicted octanol–water partition coefficient (Wildman–Crippen LogP) is 7.95. The Morgan fingerprint density at radius 3 is 1.09 bits per heavy atom.